The Bertz CT molecular complexity index is 445. The summed E-state index contributed by atoms with van der Waals surface area (Å²) in [5.74, 6) is 1.76. The molecular weight excluding hydrogens is 292 g/mol. The van der Waals surface area contributed by atoms with Gasteiger partial charge in [-0.15, -0.1) is 10.2 Å². The third kappa shape index (κ3) is 5.28. The Morgan fingerprint density at radius 3 is 2.80 bits per heavy atom. The lowest BCUT2D eigenvalue weighted by molar-refractivity contribution is -0.119. The van der Waals surface area contributed by atoms with Crippen molar-refractivity contribution in [3.05, 3.63) is 0 Å². The van der Waals surface area contributed by atoms with Crippen molar-refractivity contribution >= 4 is 34.1 Å². The summed E-state index contributed by atoms with van der Waals surface area (Å²) in [4.78, 5) is 11.8. The van der Waals surface area contributed by atoms with Crippen LogP contribution in [0.3, 0.4) is 0 Å². The number of rotatable bonds is 8. The summed E-state index contributed by atoms with van der Waals surface area (Å²) in [5.41, 5.74) is 0. The van der Waals surface area contributed by atoms with Gasteiger partial charge >= 0.3 is 0 Å². The maximum Gasteiger partial charge on any atom is 0.230 e. The van der Waals surface area contributed by atoms with Crippen LogP contribution >= 0.6 is 23.1 Å². The van der Waals surface area contributed by atoms with Crippen molar-refractivity contribution < 1.29 is 4.79 Å². The van der Waals surface area contributed by atoms with Gasteiger partial charge in [0.25, 0.3) is 0 Å². The van der Waals surface area contributed by atoms with Gasteiger partial charge in [-0.05, 0) is 31.6 Å². The zero-order chi connectivity index (χ0) is 14.5. The van der Waals surface area contributed by atoms with E-state index in [1.165, 1.54) is 35.9 Å². The van der Waals surface area contributed by atoms with E-state index in [4.69, 9.17) is 0 Å². The first-order valence-electron chi connectivity index (χ1n) is 7.04. The molecule has 0 aromatic carbocycles. The van der Waals surface area contributed by atoms with Crippen LogP contribution in [0.1, 0.15) is 33.6 Å². The molecule has 1 aromatic rings. The summed E-state index contributed by atoms with van der Waals surface area (Å²) in [6.07, 6.45) is 2.49. The lowest BCUT2D eigenvalue weighted by atomic mass is 10.2. The minimum absolute atomic E-state index is 0.0845. The minimum atomic E-state index is 0.0845. The van der Waals surface area contributed by atoms with Gasteiger partial charge in [-0.25, -0.2) is 0 Å². The Kier molecular flexibility index (Phi) is 5.65. The van der Waals surface area contributed by atoms with E-state index in [1.54, 1.807) is 0 Å². The van der Waals surface area contributed by atoms with Crippen LogP contribution in [-0.2, 0) is 4.79 Å². The van der Waals surface area contributed by atoms with Crippen molar-refractivity contribution in [2.24, 2.45) is 11.8 Å². The molecule has 1 amide bonds. The van der Waals surface area contributed by atoms with E-state index in [-0.39, 0.29) is 5.91 Å². The fraction of sp³-hybridized carbons (Fsp3) is 0.769. The third-order valence-electron chi connectivity index (χ3n) is 3.11. The van der Waals surface area contributed by atoms with Crippen molar-refractivity contribution in [3.8, 4) is 0 Å². The Morgan fingerprint density at radius 1 is 1.40 bits per heavy atom. The number of aromatic nitrogens is 2. The van der Waals surface area contributed by atoms with E-state index in [9.17, 15) is 4.79 Å². The van der Waals surface area contributed by atoms with Gasteiger partial charge in [0, 0.05) is 12.6 Å². The summed E-state index contributed by atoms with van der Waals surface area (Å²) in [7, 11) is 0. The summed E-state index contributed by atoms with van der Waals surface area (Å²) in [5, 5.41) is 15.3. The van der Waals surface area contributed by atoms with Gasteiger partial charge in [-0.1, -0.05) is 36.9 Å². The highest BCUT2D eigenvalue weighted by atomic mass is 32.2. The Hall–Kier alpha value is -0.820. The van der Waals surface area contributed by atoms with Crippen LogP contribution in [0, 0.1) is 11.8 Å². The first kappa shape index (κ1) is 15.6. The van der Waals surface area contributed by atoms with Crippen molar-refractivity contribution in [1.82, 2.24) is 15.5 Å². The highest BCUT2D eigenvalue weighted by Crippen LogP contribution is 2.32. The van der Waals surface area contributed by atoms with Crippen molar-refractivity contribution in [2.45, 2.75) is 44.0 Å². The predicted molar refractivity (Wildman–Crippen MR) is 84.3 cm³/mol. The summed E-state index contributed by atoms with van der Waals surface area (Å²) >= 11 is 2.95. The SMILES string of the molecule is CC(C)CNc1nnc(SCC(=O)NC(C)C2CC2)s1. The minimum Gasteiger partial charge on any atom is -0.360 e. The molecule has 112 valence electrons. The number of nitrogens with zero attached hydrogens (tertiary/aromatic N) is 2. The second-order valence-electron chi connectivity index (χ2n) is 5.63. The maximum absolute atomic E-state index is 11.8. The number of carbonyl (C=O) groups excluding carboxylic acids is 1. The molecule has 0 saturated heterocycles. The molecule has 0 spiro atoms. The van der Waals surface area contributed by atoms with Crippen molar-refractivity contribution in [3.63, 3.8) is 0 Å². The molecule has 2 rings (SSSR count). The molecule has 5 nitrogen and oxygen atoms in total. The van der Waals surface area contributed by atoms with Crippen LogP contribution in [0.4, 0.5) is 5.13 Å². The van der Waals surface area contributed by atoms with E-state index in [0.29, 0.717) is 23.6 Å². The normalized spacial score (nSPS) is 16.2. The molecule has 1 aliphatic rings. The average Bonchev–Trinajstić information content (AvgIpc) is 3.14. The van der Waals surface area contributed by atoms with E-state index in [2.05, 4.69) is 41.6 Å². The zero-order valence-corrected chi connectivity index (χ0v) is 13.8. The molecule has 0 radical (unpaired) electrons. The van der Waals surface area contributed by atoms with Gasteiger partial charge in [-0.2, -0.15) is 0 Å². The average molecular weight is 314 g/mol. The van der Waals surface area contributed by atoms with Crippen molar-refractivity contribution in [1.29, 1.82) is 0 Å². The molecule has 1 saturated carbocycles. The fourth-order valence-electron chi connectivity index (χ4n) is 1.77. The van der Waals surface area contributed by atoms with Gasteiger partial charge in [0.1, 0.15) is 0 Å². The summed E-state index contributed by atoms with van der Waals surface area (Å²) in [6.45, 7) is 7.27. The van der Waals surface area contributed by atoms with E-state index in [0.717, 1.165) is 16.0 Å². The van der Waals surface area contributed by atoms with Crippen LogP contribution in [0.25, 0.3) is 0 Å². The molecule has 1 aromatic heterocycles. The van der Waals surface area contributed by atoms with Gasteiger partial charge in [0.15, 0.2) is 4.34 Å². The van der Waals surface area contributed by atoms with Gasteiger partial charge in [-0.3, -0.25) is 4.79 Å². The smallest absolute Gasteiger partial charge is 0.230 e. The van der Waals surface area contributed by atoms with Crippen LogP contribution in [0.2, 0.25) is 0 Å². The Balaban J connectivity index is 1.69. The molecule has 7 heteroatoms. The molecule has 2 N–H and O–H groups in total. The van der Waals surface area contributed by atoms with Gasteiger partial charge < -0.3 is 10.6 Å². The molecule has 1 heterocycles. The molecule has 1 unspecified atom stereocenters. The predicted octanol–water partition coefficient (Wildman–Crippen LogP) is 2.61. The lowest BCUT2D eigenvalue weighted by Gasteiger charge is -2.11. The van der Waals surface area contributed by atoms with Crippen LogP contribution in [0.5, 0.6) is 0 Å². The number of anilines is 1. The summed E-state index contributed by atoms with van der Waals surface area (Å²) in [6, 6.07) is 0.306. The van der Waals surface area contributed by atoms with E-state index < -0.39 is 0 Å². The van der Waals surface area contributed by atoms with Gasteiger partial charge in [0.2, 0.25) is 11.0 Å². The standard InChI is InChI=1S/C13H22N4OS2/c1-8(2)6-14-12-16-17-13(20-12)19-7-11(18)15-9(3)10-4-5-10/h8-10H,4-7H2,1-3H3,(H,14,16)(H,15,18). The number of nitrogens with one attached hydrogen (secondary N) is 2. The third-order valence-corrected chi connectivity index (χ3v) is 5.13. The zero-order valence-electron chi connectivity index (χ0n) is 12.2. The molecule has 0 bridgehead atoms. The lowest BCUT2D eigenvalue weighted by Crippen LogP contribution is -2.35. The maximum atomic E-state index is 11.8. The number of hydrogen-bond acceptors (Lipinski definition) is 6. The fourth-order valence-corrected chi connectivity index (χ4v) is 3.34. The number of carbonyl (C=O) groups is 1. The number of amides is 1. The molecule has 1 fully saturated rings. The monoisotopic (exact) mass is 314 g/mol. The molecule has 1 atom stereocenters. The largest absolute Gasteiger partial charge is 0.360 e. The first-order chi connectivity index (χ1) is 9.54. The van der Waals surface area contributed by atoms with E-state index >= 15 is 0 Å². The summed E-state index contributed by atoms with van der Waals surface area (Å²) < 4.78 is 0.838. The highest BCUT2D eigenvalue weighted by molar-refractivity contribution is 8.01. The Labute approximate surface area is 128 Å². The highest BCUT2D eigenvalue weighted by Gasteiger charge is 2.28. The van der Waals surface area contributed by atoms with Crippen LogP contribution in [0.15, 0.2) is 4.34 Å². The van der Waals surface area contributed by atoms with Crippen LogP contribution < -0.4 is 10.6 Å². The number of thioether (sulfide) groups is 1. The molecular formula is C13H22N4OS2. The Morgan fingerprint density at radius 2 is 2.15 bits per heavy atom. The second kappa shape index (κ2) is 7.26. The quantitative estimate of drug-likeness (QED) is 0.722. The molecule has 20 heavy (non-hydrogen) atoms. The molecule has 1 aliphatic carbocycles. The van der Waals surface area contributed by atoms with Gasteiger partial charge in [0.05, 0.1) is 5.75 Å². The van der Waals surface area contributed by atoms with Crippen molar-refractivity contribution in [2.75, 3.05) is 17.6 Å². The number of hydrogen-bond donors (Lipinski definition) is 2. The van der Waals surface area contributed by atoms with E-state index in [1.807, 2.05) is 0 Å². The second-order valence-corrected chi connectivity index (χ2v) is 7.83. The first-order valence-corrected chi connectivity index (χ1v) is 8.84. The van der Waals surface area contributed by atoms with Crippen LogP contribution in [-0.4, -0.2) is 34.4 Å². The topological polar surface area (TPSA) is 66.9 Å². The molecule has 0 aliphatic heterocycles.